The summed E-state index contributed by atoms with van der Waals surface area (Å²) in [5, 5.41) is 5.80. The predicted molar refractivity (Wildman–Crippen MR) is 112 cm³/mol. The third kappa shape index (κ3) is 5.52. The maximum absolute atomic E-state index is 12.5. The number of hydrogen-bond donors (Lipinski definition) is 2. The molecular weight excluding hydrogens is 350 g/mol. The summed E-state index contributed by atoms with van der Waals surface area (Å²) in [5.41, 5.74) is 5.07. The van der Waals surface area contributed by atoms with E-state index in [1.54, 1.807) is 6.07 Å². The molecule has 0 aliphatic heterocycles. The molecule has 2 amide bonds. The van der Waals surface area contributed by atoms with Crippen LogP contribution in [0.2, 0.25) is 0 Å². The highest BCUT2D eigenvalue weighted by Gasteiger charge is 2.12. The molecule has 2 N–H and O–H groups in total. The van der Waals surface area contributed by atoms with E-state index in [1.807, 2.05) is 32.0 Å². The molecule has 1 aromatic carbocycles. The molecule has 0 unspecified atom stereocenters. The van der Waals surface area contributed by atoms with Gasteiger partial charge in [-0.3, -0.25) is 14.6 Å². The number of aromatic nitrogens is 1. The highest BCUT2D eigenvalue weighted by Crippen LogP contribution is 2.19. The van der Waals surface area contributed by atoms with Gasteiger partial charge < -0.3 is 10.6 Å². The number of nitrogens with one attached hydrogen (secondary N) is 2. The van der Waals surface area contributed by atoms with Gasteiger partial charge in [0, 0.05) is 24.6 Å². The molecule has 0 radical (unpaired) electrons. The van der Waals surface area contributed by atoms with Crippen LogP contribution in [0.1, 0.15) is 63.9 Å². The summed E-state index contributed by atoms with van der Waals surface area (Å²) in [7, 11) is 0. The van der Waals surface area contributed by atoms with Gasteiger partial charge in [-0.2, -0.15) is 0 Å². The molecule has 0 spiro atoms. The predicted octanol–water partition coefficient (Wildman–Crippen LogP) is 4.57. The van der Waals surface area contributed by atoms with E-state index in [2.05, 4.69) is 21.7 Å². The van der Waals surface area contributed by atoms with Crippen molar-refractivity contribution in [2.75, 3.05) is 11.9 Å². The van der Waals surface area contributed by atoms with Crippen LogP contribution in [0.25, 0.3) is 0 Å². The van der Waals surface area contributed by atoms with Gasteiger partial charge in [0.25, 0.3) is 11.8 Å². The largest absolute Gasteiger partial charge is 0.352 e. The summed E-state index contributed by atoms with van der Waals surface area (Å²) in [6.07, 6.45) is 10.9. The van der Waals surface area contributed by atoms with Crippen molar-refractivity contribution in [3.05, 3.63) is 70.6 Å². The van der Waals surface area contributed by atoms with E-state index >= 15 is 0 Å². The summed E-state index contributed by atoms with van der Waals surface area (Å²) in [6.45, 7) is 4.57. The van der Waals surface area contributed by atoms with Crippen molar-refractivity contribution >= 4 is 17.5 Å². The second-order valence-electron chi connectivity index (χ2n) is 7.41. The molecule has 0 saturated carbocycles. The SMILES string of the molecule is Cc1cc(C)cc(NC(=O)c2cncc(C(=O)NCCC3=CCCCC3)c2)c1. The standard InChI is InChI=1S/C23H27N3O2/c1-16-10-17(2)12-21(11-16)26-23(28)20-13-19(14-24-15-20)22(27)25-9-8-18-6-4-3-5-7-18/h6,10-15H,3-5,7-9H2,1-2H3,(H,25,27)(H,26,28). The molecule has 1 aromatic heterocycles. The van der Waals surface area contributed by atoms with Gasteiger partial charge in [-0.05, 0) is 75.3 Å². The highest BCUT2D eigenvalue weighted by atomic mass is 16.2. The minimum atomic E-state index is -0.278. The minimum absolute atomic E-state index is 0.204. The van der Waals surface area contributed by atoms with Crippen LogP contribution < -0.4 is 10.6 Å². The molecule has 28 heavy (non-hydrogen) atoms. The average Bonchev–Trinajstić information content (AvgIpc) is 2.68. The third-order valence-corrected chi connectivity index (χ3v) is 4.86. The van der Waals surface area contributed by atoms with Crippen LogP contribution in [-0.4, -0.2) is 23.3 Å². The second-order valence-corrected chi connectivity index (χ2v) is 7.41. The molecule has 146 valence electrons. The summed E-state index contributed by atoms with van der Waals surface area (Å²) < 4.78 is 0. The maximum atomic E-state index is 12.5. The Balaban J connectivity index is 1.59. The van der Waals surface area contributed by atoms with Gasteiger partial charge in [0.1, 0.15) is 0 Å². The van der Waals surface area contributed by atoms with E-state index in [1.165, 1.54) is 30.8 Å². The lowest BCUT2D eigenvalue weighted by molar-refractivity contribution is 0.0953. The topological polar surface area (TPSA) is 71.1 Å². The number of carbonyl (C=O) groups is 2. The number of carbonyl (C=O) groups excluding carboxylic acids is 2. The van der Waals surface area contributed by atoms with Crippen molar-refractivity contribution < 1.29 is 9.59 Å². The molecule has 5 heteroatoms. The van der Waals surface area contributed by atoms with Crippen LogP contribution in [0.3, 0.4) is 0 Å². The van der Waals surface area contributed by atoms with Crippen molar-refractivity contribution in [1.82, 2.24) is 10.3 Å². The Hall–Kier alpha value is -2.95. The van der Waals surface area contributed by atoms with Gasteiger partial charge in [0.15, 0.2) is 0 Å². The second kappa shape index (κ2) is 9.31. The first-order chi connectivity index (χ1) is 13.5. The first-order valence-electron chi connectivity index (χ1n) is 9.82. The Morgan fingerprint density at radius 2 is 1.68 bits per heavy atom. The van der Waals surface area contributed by atoms with Crippen molar-refractivity contribution in [3.63, 3.8) is 0 Å². The van der Waals surface area contributed by atoms with Gasteiger partial charge in [-0.25, -0.2) is 0 Å². The fourth-order valence-corrected chi connectivity index (χ4v) is 3.51. The number of rotatable bonds is 6. The maximum Gasteiger partial charge on any atom is 0.257 e. The van der Waals surface area contributed by atoms with E-state index in [-0.39, 0.29) is 11.8 Å². The van der Waals surface area contributed by atoms with Gasteiger partial charge in [-0.1, -0.05) is 17.7 Å². The first kappa shape index (κ1) is 19.8. The Morgan fingerprint density at radius 3 is 2.36 bits per heavy atom. The van der Waals surface area contributed by atoms with Gasteiger partial charge in [0.2, 0.25) is 0 Å². The Labute approximate surface area is 166 Å². The molecular formula is C23H27N3O2. The van der Waals surface area contributed by atoms with Crippen molar-refractivity contribution in [1.29, 1.82) is 0 Å². The van der Waals surface area contributed by atoms with Crippen LogP contribution in [0.4, 0.5) is 5.69 Å². The summed E-state index contributed by atoms with van der Waals surface area (Å²) in [4.78, 5) is 29.0. The monoisotopic (exact) mass is 377 g/mol. The normalized spacial score (nSPS) is 13.6. The lowest BCUT2D eigenvalue weighted by Crippen LogP contribution is -2.25. The fourth-order valence-electron chi connectivity index (χ4n) is 3.51. The zero-order valence-corrected chi connectivity index (χ0v) is 16.5. The smallest absolute Gasteiger partial charge is 0.257 e. The first-order valence-corrected chi connectivity index (χ1v) is 9.82. The van der Waals surface area contributed by atoms with Crippen molar-refractivity contribution in [2.24, 2.45) is 0 Å². The molecule has 1 aliphatic carbocycles. The molecule has 0 bridgehead atoms. The molecule has 5 nitrogen and oxygen atoms in total. The van der Waals surface area contributed by atoms with E-state index in [0.717, 1.165) is 36.1 Å². The minimum Gasteiger partial charge on any atom is -0.352 e. The van der Waals surface area contributed by atoms with Crippen LogP contribution in [0, 0.1) is 13.8 Å². The molecule has 1 aliphatic rings. The molecule has 1 heterocycles. The Kier molecular flexibility index (Phi) is 6.58. The quantitative estimate of drug-likeness (QED) is 0.724. The van der Waals surface area contributed by atoms with Crippen LogP contribution in [-0.2, 0) is 0 Å². The van der Waals surface area contributed by atoms with Crippen molar-refractivity contribution in [2.45, 2.75) is 46.0 Å². The summed E-state index contributed by atoms with van der Waals surface area (Å²) in [5.74, 6) is -0.482. The fraction of sp³-hybridized carbons (Fsp3) is 0.348. The number of aryl methyl sites for hydroxylation is 2. The Morgan fingerprint density at radius 1 is 0.964 bits per heavy atom. The van der Waals surface area contributed by atoms with E-state index in [4.69, 9.17) is 0 Å². The number of anilines is 1. The van der Waals surface area contributed by atoms with Crippen LogP contribution in [0.15, 0.2) is 48.3 Å². The van der Waals surface area contributed by atoms with E-state index in [9.17, 15) is 9.59 Å². The number of hydrogen-bond acceptors (Lipinski definition) is 3. The average molecular weight is 377 g/mol. The summed E-state index contributed by atoms with van der Waals surface area (Å²) >= 11 is 0. The number of benzene rings is 1. The third-order valence-electron chi connectivity index (χ3n) is 4.86. The molecule has 0 fully saturated rings. The Bertz CT molecular complexity index is 882. The zero-order chi connectivity index (χ0) is 19.9. The lowest BCUT2D eigenvalue weighted by Gasteiger charge is -2.13. The van der Waals surface area contributed by atoms with Crippen LogP contribution in [0.5, 0.6) is 0 Å². The van der Waals surface area contributed by atoms with Crippen LogP contribution >= 0.6 is 0 Å². The number of allylic oxidation sites excluding steroid dienone is 1. The summed E-state index contributed by atoms with van der Waals surface area (Å²) in [6, 6.07) is 7.45. The van der Waals surface area contributed by atoms with E-state index in [0.29, 0.717) is 17.7 Å². The van der Waals surface area contributed by atoms with Gasteiger partial charge >= 0.3 is 0 Å². The molecule has 2 aromatic rings. The highest BCUT2D eigenvalue weighted by molar-refractivity contribution is 6.05. The number of amides is 2. The van der Waals surface area contributed by atoms with Crippen molar-refractivity contribution in [3.8, 4) is 0 Å². The zero-order valence-electron chi connectivity index (χ0n) is 16.5. The molecule has 3 rings (SSSR count). The van der Waals surface area contributed by atoms with E-state index < -0.39 is 0 Å². The number of pyridine rings is 1. The van der Waals surface area contributed by atoms with Gasteiger partial charge in [-0.15, -0.1) is 0 Å². The molecule has 0 atom stereocenters. The van der Waals surface area contributed by atoms with Gasteiger partial charge in [0.05, 0.1) is 11.1 Å². The lowest BCUT2D eigenvalue weighted by atomic mass is 9.97. The number of nitrogens with zero attached hydrogens (tertiary/aromatic N) is 1. The molecule has 0 saturated heterocycles.